The normalized spacial score (nSPS) is 29.3. The maximum absolute atomic E-state index is 12.1. The van der Waals surface area contributed by atoms with E-state index in [1.807, 2.05) is 6.92 Å². The highest BCUT2D eigenvalue weighted by molar-refractivity contribution is 14.1. The molecule has 0 spiro atoms. The topological polar surface area (TPSA) is 3.24 Å². The third kappa shape index (κ3) is 1.73. The summed E-state index contributed by atoms with van der Waals surface area (Å²) < 4.78 is 24.4. The van der Waals surface area contributed by atoms with Crippen molar-refractivity contribution >= 4 is 22.6 Å². The standard InChI is InChI=1S/C5H8F2IN/c1-4(8)9-2-5(6,7)3-9/h4H,2-3H2,1H3. The Kier molecular flexibility index (Phi) is 1.96. The Morgan fingerprint density at radius 2 is 2.00 bits per heavy atom. The summed E-state index contributed by atoms with van der Waals surface area (Å²) in [6.07, 6.45) is 0. The minimum atomic E-state index is -2.40. The van der Waals surface area contributed by atoms with Crippen molar-refractivity contribution in [1.29, 1.82) is 0 Å². The van der Waals surface area contributed by atoms with Gasteiger partial charge in [0.2, 0.25) is 0 Å². The van der Waals surface area contributed by atoms with Gasteiger partial charge in [-0.2, -0.15) is 0 Å². The summed E-state index contributed by atoms with van der Waals surface area (Å²) in [4.78, 5) is 1.74. The smallest absolute Gasteiger partial charge is 0.273 e. The van der Waals surface area contributed by atoms with Crippen LogP contribution in [-0.4, -0.2) is 28.0 Å². The number of likely N-dealkylation sites (tertiary alicyclic amines) is 1. The van der Waals surface area contributed by atoms with Gasteiger partial charge in [-0.15, -0.1) is 0 Å². The minimum Gasteiger partial charge on any atom is -0.280 e. The van der Waals surface area contributed by atoms with Crippen molar-refractivity contribution in [3.63, 3.8) is 0 Å². The van der Waals surface area contributed by atoms with Gasteiger partial charge in [0, 0.05) is 0 Å². The Balaban J connectivity index is 2.27. The monoisotopic (exact) mass is 247 g/mol. The molecule has 0 aliphatic carbocycles. The van der Waals surface area contributed by atoms with E-state index in [1.54, 1.807) is 4.90 Å². The Bertz CT molecular complexity index is 108. The lowest BCUT2D eigenvalue weighted by molar-refractivity contribution is -0.130. The minimum absolute atomic E-state index is 0.0584. The molecule has 9 heavy (non-hydrogen) atoms. The molecular weight excluding hydrogens is 239 g/mol. The Hall–Kier alpha value is 0.550. The highest BCUT2D eigenvalue weighted by Gasteiger charge is 2.44. The van der Waals surface area contributed by atoms with E-state index < -0.39 is 5.92 Å². The summed E-state index contributed by atoms with van der Waals surface area (Å²) in [7, 11) is 0. The van der Waals surface area contributed by atoms with Crippen LogP contribution >= 0.6 is 22.6 Å². The predicted molar refractivity (Wildman–Crippen MR) is 40.0 cm³/mol. The van der Waals surface area contributed by atoms with Crippen LogP contribution in [0.3, 0.4) is 0 Å². The molecule has 0 aromatic heterocycles. The van der Waals surface area contributed by atoms with Gasteiger partial charge in [-0.25, -0.2) is 8.78 Å². The maximum Gasteiger partial charge on any atom is 0.273 e. The second-order valence-corrected chi connectivity index (χ2v) is 4.14. The average Bonchev–Trinajstić information content (AvgIpc) is 1.59. The molecule has 1 aliphatic heterocycles. The summed E-state index contributed by atoms with van der Waals surface area (Å²) in [6.45, 7) is 1.80. The molecular formula is C5H8F2IN. The second kappa shape index (κ2) is 2.30. The summed E-state index contributed by atoms with van der Waals surface area (Å²) in [5, 5.41) is 0. The van der Waals surface area contributed by atoms with Crippen LogP contribution in [0.2, 0.25) is 0 Å². The predicted octanol–water partition coefficient (Wildman–Crippen LogP) is 1.72. The van der Waals surface area contributed by atoms with E-state index in [1.165, 1.54) is 0 Å². The van der Waals surface area contributed by atoms with Crippen molar-refractivity contribution in [2.45, 2.75) is 16.9 Å². The van der Waals surface area contributed by atoms with Gasteiger partial charge in [-0.1, -0.05) is 22.6 Å². The summed E-state index contributed by atoms with van der Waals surface area (Å²) in [5.41, 5.74) is 0. The zero-order valence-corrected chi connectivity index (χ0v) is 7.23. The molecule has 1 unspecified atom stereocenters. The Labute approximate surface area is 66.5 Å². The van der Waals surface area contributed by atoms with Gasteiger partial charge >= 0.3 is 0 Å². The average molecular weight is 247 g/mol. The highest BCUT2D eigenvalue weighted by atomic mass is 127. The van der Waals surface area contributed by atoms with Gasteiger partial charge in [0.05, 0.1) is 17.1 Å². The van der Waals surface area contributed by atoms with E-state index in [0.29, 0.717) is 0 Å². The molecule has 1 saturated heterocycles. The SMILES string of the molecule is CC(I)N1CC(F)(F)C1. The first-order valence-electron chi connectivity index (χ1n) is 2.77. The number of hydrogen-bond donors (Lipinski definition) is 0. The van der Waals surface area contributed by atoms with Crippen LogP contribution in [0.5, 0.6) is 0 Å². The highest BCUT2D eigenvalue weighted by Crippen LogP contribution is 2.29. The molecule has 0 aromatic carbocycles. The molecule has 1 rings (SSSR count). The Morgan fingerprint density at radius 3 is 2.11 bits per heavy atom. The number of nitrogens with zero attached hydrogens (tertiary/aromatic N) is 1. The molecule has 0 amide bonds. The lowest BCUT2D eigenvalue weighted by Gasteiger charge is -2.40. The van der Waals surface area contributed by atoms with Crippen LogP contribution in [0.25, 0.3) is 0 Å². The van der Waals surface area contributed by atoms with Crippen molar-refractivity contribution < 1.29 is 8.78 Å². The first kappa shape index (κ1) is 7.65. The largest absolute Gasteiger partial charge is 0.280 e. The van der Waals surface area contributed by atoms with Crippen LogP contribution in [0.1, 0.15) is 6.92 Å². The molecule has 1 aliphatic rings. The van der Waals surface area contributed by atoms with Gasteiger partial charge in [-0.05, 0) is 6.92 Å². The van der Waals surface area contributed by atoms with Crippen LogP contribution in [0.4, 0.5) is 8.78 Å². The summed E-state index contributed by atoms with van der Waals surface area (Å²) in [5.74, 6) is -2.40. The van der Waals surface area contributed by atoms with Gasteiger partial charge in [0.1, 0.15) is 0 Å². The summed E-state index contributed by atoms with van der Waals surface area (Å²) >= 11 is 2.13. The molecule has 1 fully saturated rings. The molecule has 1 nitrogen and oxygen atoms in total. The molecule has 0 aromatic rings. The third-order valence-corrected chi connectivity index (χ3v) is 2.16. The molecule has 0 saturated carbocycles. The van der Waals surface area contributed by atoms with Crippen molar-refractivity contribution in [2.24, 2.45) is 0 Å². The molecule has 0 radical (unpaired) electrons. The first-order chi connectivity index (χ1) is 4.01. The van der Waals surface area contributed by atoms with E-state index in [4.69, 9.17) is 0 Å². The maximum atomic E-state index is 12.1. The molecule has 0 N–H and O–H groups in total. The number of halogens is 3. The summed E-state index contributed by atoms with van der Waals surface area (Å²) in [6, 6.07) is 0. The van der Waals surface area contributed by atoms with Gasteiger partial charge in [-0.3, -0.25) is 4.90 Å². The van der Waals surface area contributed by atoms with Crippen molar-refractivity contribution in [2.75, 3.05) is 13.1 Å². The van der Waals surface area contributed by atoms with E-state index in [0.717, 1.165) is 0 Å². The molecule has 1 atom stereocenters. The van der Waals surface area contributed by atoms with E-state index in [-0.39, 0.29) is 17.1 Å². The fraction of sp³-hybridized carbons (Fsp3) is 1.00. The number of hydrogen-bond acceptors (Lipinski definition) is 1. The number of alkyl halides is 3. The van der Waals surface area contributed by atoms with E-state index in [9.17, 15) is 8.78 Å². The lowest BCUT2D eigenvalue weighted by atomic mass is 10.1. The van der Waals surface area contributed by atoms with Gasteiger partial charge < -0.3 is 0 Å². The van der Waals surface area contributed by atoms with Gasteiger partial charge in [0.25, 0.3) is 5.92 Å². The molecule has 54 valence electrons. The van der Waals surface area contributed by atoms with Gasteiger partial charge in [0.15, 0.2) is 0 Å². The Morgan fingerprint density at radius 1 is 1.56 bits per heavy atom. The van der Waals surface area contributed by atoms with Crippen LogP contribution in [0, 0.1) is 0 Å². The van der Waals surface area contributed by atoms with Crippen LogP contribution in [0.15, 0.2) is 0 Å². The van der Waals surface area contributed by atoms with E-state index in [2.05, 4.69) is 22.6 Å². The quantitative estimate of drug-likeness (QED) is 0.387. The van der Waals surface area contributed by atoms with E-state index >= 15 is 0 Å². The van der Waals surface area contributed by atoms with Crippen molar-refractivity contribution in [3.8, 4) is 0 Å². The molecule has 4 heteroatoms. The van der Waals surface area contributed by atoms with Crippen molar-refractivity contribution in [3.05, 3.63) is 0 Å². The van der Waals surface area contributed by atoms with Crippen LogP contribution in [-0.2, 0) is 0 Å². The fourth-order valence-electron chi connectivity index (χ4n) is 0.800. The third-order valence-electron chi connectivity index (χ3n) is 1.37. The number of rotatable bonds is 1. The zero-order chi connectivity index (χ0) is 7.07. The lowest BCUT2D eigenvalue weighted by Crippen LogP contribution is -2.57. The zero-order valence-electron chi connectivity index (χ0n) is 5.07. The molecule has 0 bridgehead atoms. The fourth-order valence-corrected chi connectivity index (χ4v) is 1.19. The molecule has 1 heterocycles. The second-order valence-electron chi connectivity index (χ2n) is 2.33. The first-order valence-corrected chi connectivity index (χ1v) is 4.02. The van der Waals surface area contributed by atoms with Crippen LogP contribution < -0.4 is 0 Å². The van der Waals surface area contributed by atoms with Crippen molar-refractivity contribution in [1.82, 2.24) is 4.90 Å².